The van der Waals surface area contributed by atoms with E-state index in [2.05, 4.69) is 0 Å². The quantitative estimate of drug-likeness (QED) is 0.788. The minimum Gasteiger partial charge on any atom is -0.481 e. The maximum absolute atomic E-state index is 12.1. The average molecular weight is 241 g/mol. The second kappa shape index (κ2) is 5.04. The van der Waals surface area contributed by atoms with E-state index < -0.39 is 11.9 Å². The summed E-state index contributed by atoms with van der Waals surface area (Å²) in [5, 5.41) is 8.97. The van der Waals surface area contributed by atoms with Crippen LogP contribution in [0.2, 0.25) is 0 Å². The van der Waals surface area contributed by atoms with E-state index in [1.54, 1.807) is 4.90 Å². The molecule has 0 radical (unpaired) electrons. The van der Waals surface area contributed by atoms with Gasteiger partial charge < -0.3 is 14.7 Å². The molecular formula is C12H19NO4. The van der Waals surface area contributed by atoms with E-state index in [0.29, 0.717) is 26.1 Å². The van der Waals surface area contributed by atoms with Crippen molar-refractivity contribution in [3.05, 3.63) is 0 Å². The molecule has 2 fully saturated rings. The van der Waals surface area contributed by atoms with Gasteiger partial charge in [-0.05, 0) is 26.2 Å². The summed E-state index contributed by atoms with van der Waals surface area (Å²) in [6.45, 7) is 3.61. The zero-order valence-electron chi connectivity index (χ0n) is 10.1. The van der Waals surface area contributed by atoms with Crippen molar-refractivity contribution in [3.8, 4) is 0 Å². The molecule has 2 aliphatic rings. The van der Waals surface area contributed by atoms with Crippen molar-refractivity contribution in [2.45, 2.75) is 32.3 Å². The fourth-order valence-electron chi connectivity index (χ4n) is 2.44. The van der Waals surface area contributed by atoms with Crippen LogP contribution in [0.1, 0.15) is 26.2 Å². The van der Waals surface area contributed by atoms with Crippen LogP contribution >= 0.6 is 0 Å². The fourth-order valence-corrected chi connectivity index (χ4v) is 2.44. The largest absolute Gasteiger partial charge is 0.481 e. The van der Waals surface area contributed by atoms with Gasteiger partial charge in [-0.25, -0.2) is 0 Å². The van der Waals surface area contributed by atoms with Gasteiger partial charge in [0.1, 0.15) is 0 Å². The molecule has 1 N–H and O–H groups in total. The number of carbonyl (C=O) groups excluding carboxylic acids is 1. The zero-order valence-corrected chi connectivity index (χ0v) is 10.1. The lowest BCUT2D eigenvalue weighted by Gasteiger charge is -2.30. The third-order valence-corrected chi connectivity index (χ3v) is 3.51. The average Bonchev–Trinajstić information content (AvgIpc) is 3.08. The lowest BCUT2D eigenvalue weighted by molar-refractivity contribution is -0.146. The molecule has 0 aromatic rings. The zero-order chi connectivity index (χ0) is 12.4. The molecule has 3 atom stereocenters. The summed E-state index contributed by atoms with van der Waals surface area (Å²) in [5.74, 6) is -1.13. The SMILES string of the molecule is CCO[C@@H]1C[C@H]1C(=O)N1CCC[C@@H](C(=O)O)C1. The third-order valence-electron chi connectivity index (χ3n) is 3.51. The van der Waals surface area contributed by atoms with Gasteiger partial charge in [-0.1, -0.05) is 0 Å². The Kier molecular flexibility index (Phi) is 3.66. The molecule has 1 heterocycles. The molecule has 1 amide bonds. The van der Waals surface area contributed by atoms with Gasteiger partial charge in [0.2, 0.25) is 5.91 Å². The van der Waals surface area contributed by atoms with Crippen LogP contribution < -0.4 is 0 Å². The summed E-state index contributed by atoms with van der Waals surface area (Å²) >= 11 is 0. The Bertz CT molecular complexity index is 318. The number of carboxylic acids is 1. The molecule has 0 spiro atoms. The smallest absolute Gasteiger partial charge is 0.308 e. The van der Waals surface area contributed by atoms with E-state index in [1.807, 2.05) is 6.92 Å². The topological polar surface area (TPSA) is 66.8 Å². The first-order chi connectivity index (χ1) is 8.13. The van der Waals surface area contributed by atoms with Gasteiger partial charge in [-0.3, -0.25) is 9.59 Å². The number of ether oxygens (including phenoxy) is 1. The molecule has 1 saturated carbocycles. The number of rotatable bonds is 4. The Balaban J connectivity index is 1.86. The highest BCUT2D eigenvalue weighted by atomic mass is 16.5. The van der Waals surface area contributed by atoms with Crippen LogP contribution in [0.5, 0.6) is 0 Å². The van der Waals surface area contributed by atoms with Crippen LogP contribution in [0.3, 0.4) is 0 Å². The third kappa shape index (κ3) is 2.77. The molecule has 5 heteroatoms. The van der Waals surface area contributed by atoms with Crippen molar-refractivity contribution in [3.63, 3.8) is 0 Å². The van der Waals surface area contributed by atoms with E-state index in [4.69, 9.17) is 9.84 Å². The predicted octanol–water partition coefficient (Wildman–Crippen LogP) is 0.735. The number of amides is 1. The van der Waals surface area contributed by atoms with Crippen molar-refractivity contribution in [2.75, 3.05) is 19.7 Å². The molecular weight excluding hydrogens is 222 g/mol. The Morgan fingerprint density at radius 1 is 1.47 bits per heavy atom. The molecule has 1 aliphatic carbocycles. The van der Waals surface area contributed by atoms with Crippen LogP contribution in [0.15, 0.2) is 0 Å². The van der Waals surface area contributed by atoms with Gasteiger partial charge in [-0.15, -0.1) is 0 Å². The first-order valence-electron chi connectivity index (χ1n) is 6.26. The Morgan fingerprint density at radius 3 is 2.88 bits per heavy atom. The summed E-state index contributed by atoms with van der Waals surface area (Å²) in [5.41, 5.74) is 0. The highest BCUT2D eigenvalue weighted by Crippen LogP contribution is 2.36. The Hall–Kier alpha value is -1.10. The van der Waals surface area contributed by atoms with E-state index in [1.165, 1.54) is 0 Å². The number of aliphatic carboxylic acids is 1. The van der Waals surface area contributed by atoms with E-state index in [0.717, 1.165) is 12.8 Å². The van der Waals surface area contributed by atoms with Crippen LogP contribution in [0.4, 0.5) is 0 Å². The van der Waals surface area contributed by atoms with E-state index >= 15 is 0 Å². The van der Waals surface area contributed by atoms with Gasteiger partial charge in [0, 0.05) is 19.7 Å². The Morgan fingerprint density at radius 2 is 2.24 bits per heavy atom. The van der Waals surface area contributed by atoms with E-state index in [-0.39, 0.29) is 17.9 Å². The molecule has 0 aromatic carbocycles. The molecule has 1 saturated heterocycles. The summed E-state index contributed by atoms with van der Waals surface area (Å²) in [7, 11) is 0. The van der Waals surface area contributed by atoms with Gasteiger partial charge in [0.15, 0.2) is 0 Å². The van der Waals surface area contributed by atoms with Gasteiger partial charge >= 0.3 is 5.97 Å². The lowest BCUT2D eigenvalue weighted by atomic mass is 9.98. The molecule has 17 heavy (non-hydrogen) atoms. The van der Waals surface area contributed by atoms with Gasteiger partial charge in [0.05, 0.1) is 17.9 Å². The van der Waals surface area contributed by atoms with Crippen LogP contribution in [0, 0.1) is 11.8 Å². The minimum absolute atomic E-state index is 0.0255. The van der Waals surface area contributed by atoms with Crippen molar-refractivity contribution < 1.29 is 19.4 Å². The molecule has 2 rings (SSSR count). The maximum Gasteiger partial charge on any atom is 0.308 e. The highest BCUT2D eigenvalue weighted by Gasteiger charge is 2.46. The second-order valence-electron chi connectivity index (χ2n) is 4.80. The number of carboxylic acid groups (broad SMARTS) is 1. The lowest BCUT2D eigenvalue weighted by Crippen LogP contribution is -2.43. The van der Waals surface area contributed by atoms with Crippen LogP contribution in [-0.2, 0) is 14.3 Å². The number of hydrogen-bond acceptors (Lipinski definition) is 3. The first kappa shape index (κ1) is 12.4. The monoisotopic (exact) mass is 241 g/mol. The summed E-state index contributed by atoms with van der Waals surface area (Å²) in [6, 6.07) is 0. The molecule has 0 aromatic heterocycles. The molecule has 1 aliphatic heterocycles. The first-order valence-corrected chi connectivity index (χ1v) is 6.26. The van der Waals surface area contributed by atoms with Crippen molar-refractivity contribution >= 4 is 11.9 Å². The van der Waals surface area contributed by atoms with Crippen LogP contribution in [0.25, 0.3) is 0 Å². The van der Waals surface area contributed by atoms with Gasteiger partial charge in [-0.2, -0.15) is 0 Å². The highest BCUT2D eigenvalue weighted by molar-refractivity contribution is 5.83. The molecule has 0 unspecified atom stereocenters. The molecule has 96 valence electrons. The number of carbonyl (C=O) groups is 2. The summed E-state index contributed by atoms with van der Waals surface area (Å²) < 4.78 is 5.39. The standard InChI is InChI=1S/C12H19NO4/c1-2-17-10-6-9(10)11(14)13-5-3-4-8(7-13)12(15)16/h8-10H,2-7H2,1H3,(H,15,16)/t8-,9-,10-/m1/s1. The normalized spacial score (nSPS) is 32.3. The maximum atomic E-state index is 12.1. The number of piperidine rings is 1. The van der Waals surface area contributed by atoms with Crippen molar-refractivity contribution in [2.24, 2.45) is 11.8 Å². The fraction of sp³-hybridized carbons (Fsp3) is 0.833. The Labute approximate surface area is 101 Å². The minimum atomic E-state index is -0.792. The van der Waals surface area contributed by atoms with Crippen molar-refractivity contribution in [1.29, 1.82) is 0 Å². The van der Waals surface area contributed by atoms with Gasteiger partial charge in [0.25, 0.3) is 0 Å². The summed E-state index contributed by atoms with van der Waals surface area (Å²) in [4.78, 5) is 24.7. The molecule has 5 nitrogen and oxygen atoms in total. The number of nitrogens with zero attached hydrogens (tertiary/aromatic N) is 1. The van der Waals surface area contributed by atoms with E-state index in [9.17, 15) is 9.59 Å². The number of hydrogen-bond donors (Lipinski definition) is 1. The second-order valence-corrected chi connectivity index (χ2v) is 4.80. The predicted molar refractivity (Wildman–Crippen MR) is 60.5 cm³/mol. The molecule has 0 bridgehead atoms. The van der Waals surface area contributed by atoms with Crippen molar-refractivity contribution in [1.82, 2.24) is 4.90 Å². The number of likely N-dealkylation sites (tertiary alicyclic amines) is 1. The summed E-state index contributed by atoms with van der Waals surface area (Å²) in [6.07, 6.45) is 2.33. The van der Waals surface area contributed by atoms with Crippen LogP contribution in [-0.4, -0.2) is 47.7 Å².